The van der Waals surface area contributed by atoms with Crippen molar-refractivity contribution in [2.75, 3.05) is 6.79 Å². The van der Waals surface area contributed by atoms with Crippen molar-refractivity contribution in [1.82, 2.24) is 0 Å². The number of fused-ring (bicyclic) bond motifs is 2. The van der Waals surface area contributed by atoms with Gasteiger partial charge in [-0.1, -0.05) is 29.8 Å². The number of carbonyl (C=O) groups is 1. The fraction of sp³-hybridized carbons (Fsp3) is 0.0526. The highest BCUT2D eigenvalue weighted by Crippen LogP contribution is 2.37. The number of halogens is 1. The highest BCUT2D eigenvalue weighted by molar-refractivity contribution is 7.20. The van der Waals surface area contributed by atoms with Gasteiger partial charge >= 0.3 is 0 Å². The molecule has 0 bridgehead atoms. The molecule has 25 heavy (non-hydrogen) atoms. The number of benzene rings is 2. The molecular formula is C19H10ClNO3S. The number of nitrogens with zero attached hydrogens (tertiary/aromatic N) is 1. The molecule has 1 aromatic heterocycles. The Bertz CT molecular complexity index is 1080. The third kappa shape index (κ3) is 2.76. The zero-order valence-electron chi connectivity index (χ0n) is 12.8. The van der Waals surface area contributed by atoms with Crippen molar-refractivity contribution in [2.24, 2.45) is 0 Å². The minimum absolute atomic E-state index is 0.0207. The van der Waals surface area contributed by atoms with Gasteiger partial charge in [-0.05, 0) is 30.3 Å². The largest absolute Gasteiger partial charge is 0.454 e. The first-order valence-electron chi connectivity index (χ1n) is 7.40. The van der Waals surface area contributed by atoms with Crippen molar-refractivity contribution >= 4 is 44.9 Å². The van der Waals surface area contributed by atoms with Crippen molar-refractivity contribution in [3.05, 3.63) is 63.5 Å². The molecule has 0 spiro atoms. The quantitative estimate of drug-likeness (QED) is 0.368. The average molecular weight is 368 g/mol. The van der Waals surface area contributed by atoms with Crippen molar-refractivity contribution in [2.45, 2.75) is 0 Å². The molecule has 2 heterocycles. The first-order chi connectivity index (χ1) is 12.2. The fourth-order valence-electron chi connectivity index (χ4n) is 2.60. The molecule has 0 radical (unpaired) electrons. The van der Waals surface area contributed by atoms with Gasteiger partial charge in [-0.15, -0.1) is 11.3 Å². The molecule has 0 atom stereocenters. The van der Waals surface area contributed by atoms with Crippen LogP contribution in [0.4, 0.5) is 0 Å². The van der Waals surface area contributed by atoms with Crippen LogP contribution >= 0.6 is 22.9 Å². The lowest BCUT2D eigenvalue weighted by Gasteiger charge is -2.01. The van der Waals surface area contributed by atoms with Crippen LogP contribution < -0.4 is 9.47 Å². The normalized spacial score (nSPS) is 13.0. The van der Waals surface area contributed by atoms with Crippen LogP contribution in [-0.4, -0.2) is 12.6 Å². The van der Waals surface area contributed by atoms with Gasteiger partial charge in [-0.3, -0.25) is 4.79 Å². The highest BCUT2D eigenvalue weighted by Gasteiger charge is 2.19. The summed E-state index contributed by atoms with van der Waals surface area (Å²) in [5.74, 6) is 0.712. The molecule has 4 nitrogen and oxygen atoms in total. The number of carbonyl (C=O) groups excluding carboxylic acids is 1. The van der Waals surface area contributed by atoms with E-state index in [0.717, 1.165) is 10.1 Å². The average Bonchev–Trinajstić information content (AvgIpc) is 3.23. The van der Waals surface area contributed by atoms with E-state index in [4.69, 9.17) is 21.1 Å². The van der Waals surface area contributed by atoms with Crippen LogP contribution in [0.5, 0.6) is 11.5 Å². The monoisotopic (exact) mass is 367 g/mol. The van der Waals surface area contributed by atoms with Crippen molar-refractivity contribution in [3.8, 4) is 17.6 Å². The Kier molecular flexibility index (Phi) is 3.92. The van der Waals surface area contributed by atoms with E-state index in [1.54, 1.807) is 24.3 Å². The summed E-state index contributed by atoms with van der Waals surface area (Å²) in [5, 5.41) is 10.9. The van der Waals surface area contributed by atoms with Crippen LogP contribution in [0.1, 0.15) is 15.2 Å². The van der Waals surface area contributed by atoms with Gasteiger partial charge in [-0.25, -0.2) is 0 Å². The summed E-state index contributed by atoms with van der Waals surface area (Å²) in [7, 11) is 0. The molecule has 4 rings (SSSR count). The molecular weight excluding hydrogens is 358 g/mol. The Labute approximate surface area is 152 Å². The zero-order valence-corrected chi connectivity index (χ0v) is 14.4. The lowest BCUT2D eigenvalue weighted by Crippen LogP contribution is -2.01. The van der Waals surface area contributed by atoms with E-state index in [0.29, 0.717) is 27.0 Å². The molecule has 0 saturated carbocycles. The van der Waals surface area contributed by atoms with Crippen LogP contribution in [0.3, 0.4) is 0 Å². The molecule has 6 heteroatoms. The Morgan fingerprint density at radius 2 is 2.00 bits per heavy atom. The molecule has 0 N–H and O–H groups in total. The summed E-state index contributed by atoms with van der Waals surface area (Å²) < 4.78 is 11.5. The Morgan fingerprint density at radius 3 is 2.80 bits per heavy atom. The lowest BCUT2D eigenvalue weighted by atomic mass is 10.0. The van der Waals surface area contributed by atoms with Gasteiger partial charge in [0.05, 0.1) is 5.02 Å². The number of rotatable bonds is 3. The van der Waals surface area contributed by atoms with Gasteiger partial charge < -0.3 is 9.47 Å². The van der Waals surface area contributed by atoms with Gasteiger partial charge in [0.1, 0.15) is 11.6 Å². The summed E-state index contributed by atoms with van der Waals surface area (Å²) >= 11 is 7.84. The highest BCUT2D eigenvalue weighted by atomic mass is 35.5. The standard InChI is InChI=1S/C19H10ClNO3S/c20-18-13-3-1-2-4-16(13)25-17(18)8-12(9-21)19(22)11-5-6-14-15(7-11)24-10-23-14/h1-8H,10H2/b12-8+. The molecule has 1 aliphatic heterocycles. The molecule has 0 fully saturated rings. The maximum absolute atomic E-state index is 12.7. The fourth-order valence-corrected chi connectivity index (χ4v) is 4.03. The van der Waals surface area contributed by atoms with Crippen LogP contribution in [0, 0.1) is 11.3 Å². The first-order valence-corrected chi connectivity index (χ1v) is 8.60. The van der Waals surface area contributed by atoms with E-state index in [-0.39, 0.29) is 18.1 Å². The van der Waals surface area contributed by atoms with E-state index in [9.17, 15) is 10.1 Å². The molecule has 2 aromatic carbocycles. The van der Waals surface area contributed by atoms with E-state index in [1.807, 2.05) is 30.3 Å². The SMILES string of the molecule is N#C/C(=C\c1sc2ccccc2c1Cl)C(=O)c1ccc2c(c1)OCO2. The third-order valence-corrected chi connectivity index (χ3v) is 5.47. The van der Waals surface area contributed by atoms with Gasteiger partial charge in [0.25, 0.3) is 0 Å². The van der Waals surface area contributed by atoms with Gasteiger partial charge in [0.15, 0.2) is 11.5 Å². The predicted octanol–water partition coefficient (Wildman–Crippen LogP) is 5.07. The topological polar surface area (TPSA) is 59.3 Å². The van der Waals surface area contributed by atoms with Gasteiger partial charge in [-0.2, -0.15) is 5.26 Å². The number of Topliss-reactive ketones (excluding diaryl/α,β-unsaturated/α-hetero) is 1. The third-order valence-electron chi connectivity index (χ3n) is 3.84. The maximum Gasteiger partial charge on any atom is 0.231 e. The summed E-state index contributed by atoms with van der Waals surface area (Å²) in [6.07, 6.45) is 1.54. The number of ether oxygens (including phenoxy) is 2. The first kappa shape index (κ1) is 15.7. The number of thiophene rings is 1. The van der Waals surface area contributed by atoms with Crippen LogP contribution in [0.15, 0.2) is 48.0 Å². The van der Waals surface area contributed by atoms with Crippen molar-refractivity contribution in [3.63, 3.8) is 0 Å². The Balaban J connectivity index is 1.74. The van der Waals surface area contributed by atoms with Crippen molar-refractivity contribution < 1.29 is 14.3 Å². The zero-order chi connectivity index (χ0) is 17.4. The van der Waals surface area contributed by atoms with Crippen molar-refractivity contribution in [1.29, 1.82) is 5.26 Å². The second kappa shape index (κ2) is 6.25. The molecule has 1 aliphatic rings. The second-order valence-electron chi connectivity index (χ2n) is 5.34. The number of hydrogen-bond acceptors (Lipinski definition) is 5. The number of nitriles is 1. The molecule has 3 aromatic rings. The summed E-state index contributed by atoms with van der Waals surface area (Å²) in [6, 6.07) is 14.5. The second-order valence-corrected chi connectivity index (χ2v) is 6.81. The Morgan fingerprint density at radius 1 is 1.20 bits per heavy atom. The molecule has 0 unspecified atom stereocenters. The van der Waals surface area contributed by atoms with Crippen LogP contribution in [-0.2, 0) is 0 Å². The minimum Gasteiger partial charge on any atom is -0.454 e. The van der Waals surface area contributed by atoms with E-state index >= 15 is 0 Å². The maximum atomic E-state index is 12.7. The van der Waals surface area contributed by atoms with Gasteiger partial charge in [0.2, 0.25) is 12.6 Å². The number of hydrogen-bond donors (Lipinski definition) is 0. The van der Waals surface area contributed by atoms with Gasteiger partial charge in [0, 0.05) is 20.5 Å². The van der Waals surface area contributed by atoms with E-state index in [2.05, 4.69) is 0 Å². The minimum atomic E-state index is -0.380. The Hall–Kier alpha value is -2.81. The summed E-state index contributed by atoms with van der Waals surface area (Å²) in [4.78, 5) is 13.4. The molecule has 0 aliphatic carbocycles. The number of ketones is 1. The summed E-state index contributed by atoms with van der Waals surface area (Å²) in [5.41, 5.74) is 0.390. The van der Waals surface area contributed by atoms with E-state index < -0.39 is 0 Å². The van der Waals surface area contributed by atoms with Crippen LogP contribution in [0.2, 0.25) is 5.02 Å². The number of allylic oxidation sites excluding steroid dienone is 1. The predicted molar refractivity (Wildman–Crippen MR) is 97.3 cm³/mol. The molecule has 0 saturated heterocycles. The van der Waals surface area contributed by atoms with Crippen LogP contribution in [0.25, 0.3) is 16.2 Å². The summed E-state index contributed by atoms with van der Waals surface area (Å²) in [6.45, 7) is 0.130. The molecule has 122 valence electrons. The smallest absolute Gasteiger partial charge is 0.231 e. The molecule has 0 amide bonds. The van der Waals surface area contributed by atoms with E-state index in [1.165, 1.54) is 11.3 Å². The lowest BCUT2D eigenvalue weighted by molar-refractivity contribution is 0.103.